The maximum Gasteiger partial charge on any atom is 0.308 e. The fourth-order valence-electron chi connectivity index (χ4n) is 4.40. The van der Waals surface area contributed by atoms with Crippen LogP contribution in [0.15, 0.2) is 30.3 Å². The molecule has 0 atom stereocenters. The van der Waals surface area contributed by atoms with Gasteiger partial charge in [0.15, 0.2) is 0 Å². The Morgan fingerprint density at radius 3 is 1.54 bits per heavy atom. The topological polar surface area (TPSA) is 126 Å². The molecule has 0 fully saturated rings. The molecule has 0 radical (unpaired) electrons. The molecule has 0 aromatic heterocycles. The normalized spacial score (nSPS) is 11.7. The minimum absolute atomic E-state index is 0.0874. The highest BCUT2D eigenvalue weighted by Gasteiger charge is 2.19. The summed E-state index contributed by atoms with van der Waals surface area (Å²) in [6.45, 7) is 11.9. The van der Waals surface area contributed by atoms with Crippen LogP contribution in [-0.4, -0.2) is 67.5 Å². The Bertz CT molecular complexity index is 963. The molecule has 1 aromatic rings. The van der Waals surface area contributed by atoms with Crippen LogP contribution in [0, 0.1) is 0 Å². The Morgan fingerprint density at radius 2 is 1.07 bits per heavy atom. The number of ether oxygens (including phenoxy) is 5. The van der Waals surface area contributed by atoms with Crippen LogP contribution in [0.5, 0.6) is 0 Å². The van der Waals surface area contributed by atoms with Crippen LogP contribution in [0.25, 0.3) is 0 Å². The van der Waals surface area contributed by atoms with Gasteiger partial charge in [0, 0.05) is 12.8 Å². The first-order valence-electron chi connectivity index (χ1n) is 16.8. The van der Waals surface area contributed by atoms with Gasteiger partial charge in [-0.15, -0.1) is 0 Å². The zero-order valence-corrected chi connectivity index (χ0v) is 29.2. The summed E-state index contributed by atoms with van der Waals surface area (Å²) in [6, 6.07) is 9.27. The van der Waals surface area contributed by atoms with E-state index in [-0.39, 0.29) is 63.1 Å². The summed E-state index contributed by atoms with van der Waals surface area (Å²) in [7, 11) is 0. The molecular formula is C36H59NO9. The van der Waals surface area contributed by atoms with Gasteiger partial charge in [0.2, 0.25) is 5.91 Å². The maximum absolute atomic E-state index is 12.6. The van der Waals surface area contributed by atoms with E-state index in [2.05, 4.69) is 5.32 Å². The molecule has 10 nitrogen and oxygen atoms in total. The van der Waals surface area contributed by atoms with E-state index in [1.165, 1.54) is 0 Å². The van der Waals surface area contributed by atoms with Gasteiger partial charge in [0.1, 0.15) is 17.8 Å². The molecule has 0 aliphatic carbocycles. The fraction of sp³-hybridized carbons (Fsp3) is 0.722. The summed E-state index contributed by atoms with van der Waals surface area (Å²) in [5, 5.41) is 2.96. The lowest BCUT2D eigenvalue weighted by molar-refractivity contribution is -0.157. The van der Waals surface area contributed by atoms with Crippen molar-refractivity contribution in [2.45, 2.75) is 142 Å². The first-order valence-corrected chi connectivity index (χ1v) is 16.8. The van der Waals surface area contributed by atoms with E-state index in [0.29, 0.717) is 19.4 Å². The number of esters is 3. The third-order valence-electron chi connectivity index (χ3n) is 6.52. The average Bonchev–Trinajstić information content (AvgIpc) is 2.96. The molecule has 1 amide bonds. The summed E-state index contributed by atoms with van der Waals surface area (Å²) < 4.78 is 27.2. The van der Waals surface area contributed by atoms with Crippen LogP contribution in [-0.2, 0) is 49.5 Å². The number of amides is 1. The van der Waals surface area contributed by atoms with Crippen molar-refractivity contribution in [1.82, 2.24) is 5.32 Å². The van der Waals surface area contributed by atoms with Crippen LogP contribution in [0.1, 0.15) is 124 Å². The summed E-state index contributed by atoms with van der Waals surface area (Å²) in [5.41, 5.74) is -0.124. The molecule has 0 spiro atoms. The molecule has 0 heterocycles. The predicted octanol–water partition coefficient (Wildman–Crippen LogP) is 6.61. The van der Waals surface area contributed by atoms with E-state index in [1.807, 2.05) is 71.9 Å². The fourth-order valence-corrected chi connectivity index (χ4v) is 4.40. The van der Waals surface area contributed by atoms with Crippen molar-refractivity contribution in [2.75, 3.05) is 26.4 Å². The van der Waals surface area contributed by atoms with Crippen molar-refractivity contribution in [1.29, 1.82) is 0 Å². The van der Waals surface area contributed by atoms with Gasteiger partial charge < -0.3 is 29.0 Å². The van der Waals surface area contributed by atoms with Gasteiger partial charge in [0.25, 0.3) is 0 Å². The number of rotatable bonds is 24. The molecule has 1 N–H and O–H groups in total. The van der Waals surface area contributed by atoms with Gasteiger partial charge in [-0.05, 0) is 59.9 Å². The molecule has 0 saturated carbocycles. The van der Waals surface area contributed by atoms with Gasteiger partial charge in [-0.2, -0.15) is 0 Å². The van der Waals surface area contributed by atoms with E-state index < -0.39 is 17.2 Å². The predicted molar refractivity (Wildman–Crippen MR) is 177 cm³/mol. The van der Waals surface area contributed by atoms with Crippen LogP contribution >= 0.6 is 0 Å². The van der Waals surface area contributed by atoms with Crippen LogP contribution in [0.2, 0.25) is 0 Å². The van der Waals surface area contributed by atoms with E-state index in [1.54, 1.807) is 0 Å². The number of benzene rings is 1. The lowest BCUT2D eigenvalue weighted by Gasteiger charge is -2.21. The average molecular weight is 650 g/mol. The standard InChI is InChI=1S/C36H59NO9/c1-35(2,3)45-33(40)22-24-42-27-30(28-43-25-23-34(41)46-36(4,5)6)37-31(38)20-16-11-9-7-8-10-12-17-21-32(39)44-26-29-18-14-13-15-19-29/h13-15,18-19,30H,7-12,16-17,20-28H2,1-6H3,(H,37,38). The summed E-state index contributed by atoms with van der Waals surface area (Å²) in [4.78, 5) is 48.4. The number of unbranched alkanes of at least 4 members (excludes halogenated alkanes) is 7. The second kappa shape index (κ2) is 23.4. The second-order valence-electron chi connectivity index (χ2n) is 13.6. The molecule has 1 rings (SSSR count). The first-order chi connectivity index (χ1) is 21.7. The van der Waals surface area contributed by atoms with Crippen LogP contribution in [0.4, 0.5) is 0 Å². The quantitative estimate of drug-likeness (QED) is 0.0748. The van der Waals surface area contributed by atoms with Crippen molar-refractivity contribution >= 4 is 23.8 Å². The van der Waals surface area contributed by atoms with Crippen molar-refractivity contribution in [3.05, 3.63) is 35.9 Å². The van der Waals surface area contributed by atoms with Gasteiger partial charge >= 0.3 is 17.9 Å². The minimum Gasteiger partial charge on any atom is -0.461 e. The van der Waals surface area contributed by atoms with Crippen LogP contribution < -0.4 is 5.32 Å². The molecule has 46 heavy (non-hydrogen) atoms. The van der Waals surface area contributed by atoms with Crippen molar-refractivity contribution in [3.8, 4) is 0 Å². The highest BCUT2D eigenvalue weighted by Crippen LogP contribution is 2.12. The van der Waals surface area contributed by atoms with Crippen molar-refractivity contribution in [3.63, 3.8) is 0 Å². The SMILES string of the molecule is CC(C)(C)OC(=O)CCOCC(COCCC(=O)OC(C)(C)C)NC(=O)CCCCCCCCCCC(=O)OCc1ccccc1. The maximum atomic E-state index is 12.6. The van der Waals surface area contributed by atoms with Gasteiger partial charge in [-0.3, -0.25) is 19.2 Å². The smallest absolute Gasteiger partial charge is 0.308 e. The Kier molecular flexibility index (Phi) is 20.8. The van der Waals surface area contributed by atoms with Gasteiger partial charge in [0.05, 0.1) is 45.3 Å². The van der Waals surface area contributed by atoms with E-state index in [9.17, 15) is 19.2 Å². The first kappa shape index (κ1) is 41.0. The lowest BCUT2D eigenvalue weighted by atomic mass is 10.1. The Hall–Kier alpha value is -2.98. The monoisotopic (exact) mass is 649 g/mol. The van der Waals surface area contributed by atoms with Crippen molar-refractivity contribution in [2.24, 2.45) is 0 Å². The molecule has 262 valence electrons. The molecule has 10 heteroatoms. The Labute approximate surface area is 276 Å². The third kappa shape index (κ3) is 25.2. The number of hydrogen-bond acceptors (Lipinski definition) is 9. The number of carbonyl (C=O) groups excluding carboxylic acids is 4. The Balaban J connectivity index is 2.22. The highest BCUT2D eigenvalue weighted by atomic mass is 16.6. The molecule has 0 saturated heterocycles. The third-order valence-corrected chi connectivity index (χ3v) is 6.52. The second-order valence-corrected chi connectivity index (χ2v) is 13.6. The zero-order chi connectivity index (χ0) is 34.3. The number of nitrogens with one attached hydrogen (secondary N) is 1. The van der Waals surface area contributed by atoms with E-state index in [0.717, 1.165) is 56.9 Å². The van der Waals surface area contributed by atoms with E-state index in [4.69, 9.17) is 23.7 Å². The van der Waals surface area contributed by atoms with Gasteiger partial charge in [-0.1, -0.05) is 68.9 Å². The Morgan fingerprint density at radius 1 is 0.609 bits per heavy atom. The van der Waals surface area contributed by atoms with E-state index >= 15 is 0 Å². The lowest BCUT2D eigenvalue weighted by Crippen LogP contribution is -2.42. The summed E-state index contributed by atoms with van der Waals surface area (Å²) in [6.07, 6.45) is 8.99. The zero-order valence-electron chi connectivity index (χ0n) is 29.2. The minimum atomic E-state index is -0.560. The largest absolute Gasteiger partial charge is 0.461 e. The number of carbonyl (C=O) groups is 4. The van der Waals surface area contributed by atoms with Crippen LogP contribution in [0.3, 0.4) is 0 Å². The molecular weight excluding hydrogens is 590 g/mol. The number of hydrogen-bond donors (Lipinski definition) is 1. The molecule has 0 unspecified atom stereocenters. The van der Waals surface area contributed by atoms with Gasteiger partial charge in [-0.25, -0.2) is 0 Å². The molecule has 0 aliphatic rings. The summed E-state index contributed by atoms with van der Waals surface area (Å²) >= 11 is 0. The summed E-state index contributed by atoms with van der Waals surface area (Å²) in [5.74, 6) is -0.929. The molecule has 0 aliphatic heterocycles. The molecule has 1 aromatic carbocycles. The molecule has 0 bridgehead atoms. The highest BCUT2D eigenvalue weighted by molar-refractivity contribution is 5.76. The van der Waals surface area contributed by atoms with Crippen molar-refractivity contribution < 1.29 is 42.9 Å².